The summed E-state index contributed by atoms with van der Waals surface area (Å²) in [6.07, 6.45) is 3.64. The van der Waals surface area contributed by atoms with Gasteiger partial charge in [0.2, 0.25) is 5.91 Å². The average molecular weight is 282 g/mol. The fourth-order valence-corrected chi connectivity index (χ4v) is 1.87. The number of aryl methyl sites for hydroxylation is 1. The van der Waals surface area contributed by atoms with E-state index in [-0.39, 0.29) is 5.69 Å². The van der Waals surface area contributed by atoms with E-state index in [2.05, 4.69) is 0 Å². The molecule has 21 heavy (non-hydrogen) atoms. The van der Waals surface area contributed by atoms with Crippen LogP contribution in [0.15, 0.2) is 42.5 Å². The molecule has 0 aromatic heterocycles. The van der Waals surface area contributed by atoms with Crippen molar-refractivity contribution in [2.24, 2.45) is 5.73 Å². The number of amides is 1. The van der Waals surface area contributed by atoms with Crippen molar-refractivity contribution in [1.29, 1.82) is 0 Å². The number of hydrogen-bond donors (Lipinski definition) is 1. The van der Waals surface area contributed by atoms with E-state index < -0.39 is 10.8 Å². The van der Waals surface area contributed by atoms with Gasteiger partial charge in [0, 0.05) is 17.7 Å². The zero-order valence-corrected chi connectivity index (χ0v) is 11.4. The molecule has 0 unspecified atom stereocenters. The number of nitrogens with two attached hydrogens (primary N) is 1. The highest BCUT2D eigenvalue weighted by atomic mass is 16.6. The van der Waals surface area contributed by atoms with Crippen molar-refractivity contribution in [3.63, 3.8) is 0 Å². The van der Waals surface area contributed by atoms with E-state index in [1.165, 1.54) is 12.1 Å². The van der Waals surface area contributed by atoms with Crippen molar-refractivity contribution in [3.05, 3.63) is 74.8 Å². The Hall–Kier alpha value is -2.95. The standard InChI is InChI=1S/C16H14N2O3/c1-11-2-9-15(18(20)21)10-14(11)8-5-12-3-6-13(7-4-12)16(17)19/h2-10H,1H3,(H2,17,19)/b8-5+. The Balaban J connectivity index is 2.26. The molecule has 0 atom stereocenters. The minimum atomic E-state index is -0.472. The first kappa shape index (κ1) is 14.5. The highest BCUT2D eigenvalue weighted by Gasteiger charge is 2.06. The Kier molecular flexibility index (Phi) is 4.13. The molecule has 0 saturated heterocycles. The van der Waals surface area contributed by atoms with Crippen LogP contribution in [-0.4, -0.2) is 10.8 Å². The molecule has 106 valence electrons. The molecule has 0 radical (unpaired) electrons. The maximum atomic E-state index is 11.0. The second kappa shape index (κ2) is 6.00. The first-order valence-electron chi connectivity index (χ1n) is 6.30. The van der Waals surface area contributed by atoms with Gasteiger partial charge in [0.25, 0.3) is 5.69 Å². The van der Waals surface area contributed by atoms with E-state index in [1.54, 1.807) is 30.3 Å². The topological polar surface area (TPSA) is 86.2 Å². The zero-order chi connectivity index (χ0) is 15.4. The molecular formula is C16H14N2O3. The summed E-state index contributed by atoms with van der Waals surface area (Å²) >= 11 is 0. The molecule has 0 aliphatic rings. The molecule has 2 rings (SSSR count). The number of nitro groups is 1. The number of hydrogen-bond acceptors (Lipinski definition) is 3. The van der Waals surface area contributed by atoms with Crippen LogP contribution in [0.1, 0.15) is 27.0 Å². The lowest BCUT2D eigenvalue weighted by atomic mass is 10.1. The third kappa shape index (κ3) is 3.54. The predicted octanol–water partition coefficient (Wildman–Crippen LogP) is 3.17. The smallest absolute Gasteiger partial charge is 0.270 e. The van der Waals surface area contributed by atoms with Crippen molar-refractivity contribution >= 4 is 23.7 Å². The molecule has 0 aliphatic heterocycles. The quantitative estimate of drug-likeness (QED) is 0.531. The summed E-state index contributed by atoms with van der Waals surface area (Å²) in [5, 5.41) is 10.8. The summed E-state index contributed by atoms with van der Waals surface area (Å²) in [6, 6.07) is 11.5. The Morgan fingerprint density at radius 1 is 1.14 bits per heavy atom. The lowest BCUT2D eigenvalue weighted by Crippen LogP contribution is -2.10. The van der Waals surface area contributed by atoms with Crippen LogP contribution >= 0.6 is 0 Å². The van der Waals surface area contributed by atoms with E-state index >= 15 is 0 Å². The third-order valence-corrected chi connectivity index (χ3v) is 3.12. The third-order valence-electron chi connectivity index (χ3n) is 3.12. The molecule has 0 heterocycles. The Labute approximate surface area is 121 Å². The monoisotopic (exact) mass is 282 g/mol. The number of benzene rings is 2. The number of carbonyl (C=O) groups is 1. The Bertz CT molecular complexity index is 719. The summed E-state index contributed by atoms with van der Waals surface area (Å²) < 4.78 is 0. The van der Waals surface area contributed by atoms with E-state index in [0.717, 1.165) is 16.7 Å². The van der Waals surface area contributed by atoms with Gasteiger partial charge in [0.05, 0.1) is 4.92 Å². The second-order valence-corrected chi connectivity index (χ2v) is 4.62. The minimum Gasteiger partial charge on any atom is -0.366 e. The molecule has 2 N–H and O–H groups in total. The van der Waals surface area contributed by atoms with Crippen molar-refractivity contribution in [3.8, 4) is 0 Å². The number of rotatable bonds is 4. The van der Waals surface area contributed by atoms with Crippen LogP contribution in [-0.2, 0) is 0 Å². The second-order valence-electron chi connectivity index (χ2n) is 4.62. The SMILES string of the molecule is Cc1ccc([N+](=O)[O-])cc1/C=C/c1ccc(C(N)=O)cc1. The van der Waals surface area contributed by atoms with Gasteiger partial charge < -0.3 is 5.73 Å². The molecule has 0 fully saturated rings. The molecule has 0 bridgehead atoms. The van der Waals surface area contributed by atoms with Crippen LogP contribution in [0, 0.1) is 17.0 Å². The minimum absolute atomic E-state index is 0.0596. The number of nitrogens with zero attached hydrogens (tertiary/aromatic N) is 1. The van der Waals surface area contributed by atoms with Crippen LogP contribution in [0.25, 0.3) is 12.2 Å². The van der Waals surface area contributed by atoms with Crippen molar-refractivity contribution in [2.75, 3.05) is 0 Å². The molecule has 0 aliphatic carbocycles. The summed E-state index contributed by atoms with van der Waals surface area (Å²) in [4.78, 5) is 21.3. The van der Waals surface area contributed by atoms with E-state index in [9.17, 15) is 14.9 Å². The van der Waals surface area contributed by atoms with E-state index in [0.29, 0.717) is 5.56 Å². The fourth-order valence-electron chi connectivity index (χ4n) is 1.87. The maximum absolute atomic E-state index is 11.0. The van der Waals surface area contributed by atoms with Gasteiger partial charge >= 0.3 is 0 Å². The first-order valence-corrected chi connectivity index (χ1v) is 6.30. The lowest BCUT2D eigenvalue weighted by Gasteiger charge is -2.01. The van der Waals surface area contributed by atoms with Gasteiger partial charge in [-0.1, -0.05) is 30.4 Å². The number of carbonyl (C=O) groups excluding carboxylic acids is 1. The van der Waals surface area contributed by atoms with Crippen LogP contribution in [0.2, 0.25) is 0 Å². The normalized spacial score (nSPS) is 10.7. The molecule has 0 saturated carbocycles. The van der Waals surface area contributed by atoms with Crippen LogP contribution in [0.3, 0.4) is 0 Å². The van der Waals surface area contributed by atoms with Gasteiger partial charge in [-0.15, -0.1) is 0 Å². The van der Waals surface area contributed by atoms with Gasteiger partial charge in [0.15, 0.2) is 0 Å². The summed E-state index contributed by atoms with van der Waals surface area (Å²) in [5.74, 6) is -0.472. The highest BCUT2D eigenvalue weighted by molar-refractivity contribution is 5.93. The highest BCUT2D eigenvalue weighted by Crippen LogP contribution is 2.19. The number of non-ortho nitro benzene ring substituents is 1. The molecule has 5 heteroatoms. The van der Waals surface area contributed by atoms with E-state index in [1.807, 2.05) is 19.1 Å². The molecule has 1 amide bonds. The largest absolute Gasteiger partial charge is 0.366 e. The van der Waals surface area contributed by atoms with Crippen LogP contribution in [0.5, 0.6) is 0 Å². The Morgan fingerprint density at radius 3 is 2.38 bits per heavy atom. The van der Waals surface area contributed by atoms with Crippen molar-refractivity contribution < 1.29 is 9.72 Å². The molecule has 2 aromatic carbocycles. The first-order chi connectivity index (χ1) is 9.97. The predicted molar refractivity (Wildman–Crippen MR) is 81.7 cm³/mol. The van der Waals surface area contributed by atoms with Gasteiger partial charge in [-0.2, -0.15) is 0 Å². The van der Waals surface area contributed by atoms with Gasteiger partial charge in [-0.05, 0) is 35.7 Å². The van der Waals surface area contributed by atoms with E-state index in [4.69, 9.17) is 5.73 Å². The molecule has 2 aromatic rings. The average Bonchev–Trinajstić information content (AvgIpc) is 2.46. The molecule has 5 nitrogen and oxygen atoms in total. The zero-order valence-electron chi connectivity index (χ0n) is 11.4. The summed E-state index contributed by atoms with van der Waals surface area (Å²) in [6.45, 7) is 1.89. The van der Waals surface area contributed by atoms with Crippen molar-refractivity contribution in [2.45, 2.75) is 6.92 Å². The lowest BCUT2D eigenvalue weighted by molar-refractivity contribution is -0.384. The summed E-state index contributed by atoms with van der Waals surface area (Å²) in [5.41, 5.74) is 8.29. The van der Waals surface area contributed by atoms with Gasteiger partial charge in [-0.3, -0.25) is 14.9 Å². The molecule has 0 spiro atoms. The summed E-state index contributed by atoms with van der Waals surface area (Å²) in [7, 11) is 0. The van der Waals surface area contributed by atoms with Crippen molar-refractivity contribution in [1.82, 2.24) is 0 Å². The van der Waals surface area contributed by atoms with Crippen LogP contribution < -0.4 is 5.73 Å². The number of nitro benzene ring substituents is 1. The van der Waals surface area contributed by atoms with Gasteiger partial charge in [0.1, 0.15) is 0 Å². The molecular weight excluding hydrogens is 268 g/mol. The van der Waals surface area contributed by atoms with Gasteiger partial charge in [-0.25, -0.2) is 0 Å². The Morgan fingerprint density at radius 2 is 1.81 bits per heavy atom. The number of primary amides is 1. The van der Waals surface area contributed by atoms with Crippen LogP contribution in [0.4, 0.5) is 5.69 Å². The maximum Gasteiger partial charge on any atom is 0.270 e. The fraction of sp³-hybridized carbons (Fsp3) is 0.0625.